The van der Waals surface area contributed by atoms with Crippen molar-refractivity contribution in [2.75, 3.05) is 5.32 Å². The summed E-state index contributed by atoms with van der Waals surface area (Å²) in [6, 6.07) is 1.89. The number of rotatable bonds is 5. The third-order valence-electron chi connectivity index (χ3n) is 5.11. The van der Waals surface area contributed by atoms with Crippen LogP contribution in [0.5, 0.6) is 0 Å². The fourth-order valence-electron chi connectivity index (χ4n) is 3.14. The number of carbonyl (C=O) groups excluding carboxylic acids is 3. The van der Waals surface area contributed by atoms with Crippen molar-refractivity contribution in [2.24, 2.45) is 11.3 Å². The molecule has 0 saturated heterocycles. The number of thiophene rings is 1. The Bertz CT molecular complexity index is 735. The van der Waals surface area contributed by atoms with E-state index in [1.807, 2.05) is 20.8 Å². The van der Waals surface area contributed by atoms with E-state index < -0.39 is 17.5 Å². The maximum absolute atomic E-state index is 12.5. The predicted molar refractivity (Wildman–Crippen MR) is 112 cm³/mol. The summed E-state index contributed by atoms with van der Waals surface area (Å²) in [5.74, 6) is -0.488. The van der Waals surface area contributed by atoms with Gasteiger partial charge in [0.25, 0.3) is 5.91 Å². The van der Waals surface area contributed by atoms with Gasteiger partial charge in [0.15, 0.2) is 6.10 Å². The van der Waals surface area contributed by atoms with Gasteiger partial charge in [-0.2, -0.15) is 0 Å². The van der Waals surface area contributed by atoms with Crippen LogP contribution in [0.1, 0.15) is 75.5 Å². The summed E-state index contributed by atoms with van der Waals surface area (Å²) in [4.78, 5) is 37.5. The second-order valence-corrected chi connectivity index (χ2v) is 9.80. The number of hydrogen-bond acceptors (Lipinski definition) is 5. The Balaban J connectivity index is 1.96. The molecule has 28 heavy (non-hydrogen) atoms. The Morgan fingerprint density at radius 2 is 1.86 bits per heavy atom. The van der Waals surface area contributed by atoms with Gasteiger partial charge < -0.3 is 15.4 Å². The Morgan fingerprint density at radius 3 is 2.46 bits per heavy atom. The fraction of sp³-hybridized carbons (Fsp3) is 0.667. The number of amides is 2. The highest BCUT2D eigenvalue weighted by molar-refractivity contribution is 7.18. The van der Waals surface area contributed by atoms with Gasteiger partial charge in [0, 0.05) is 11.5 Å². The van der Waals surface area contributed by atoms with E-state index in [4.69, 9.17) is 4.74 Å². The molecule has 1 saturated carbocycles. The molecule has 1 aromatic rings. The zero-order chi connectivity index (χ0) is 21.1. The molecule has 0 aliphatic heterocycles. The first-order valence-electron chi connectivity index (χ1n) is 9.92. The predicted octanol–water partition coefficient (Wildman–Crippen LogP) is 4.28. The third-order valence-corrected chi connectivity index (χ3v) is 6.25. The summed E-state index contributed by atoms with van der Waals surface area (Å²) in [5, 5.41) is 6.44. The largest absolute Gasteiger partial charge is 0.448 e. The summed E-state index contributed by atoms with van der Waals surface area (Å²) in [6.07, 6.45) is 3.52. The number of aryl methyl sites for hydroxylation is 1. The SMILES string of the molecule is Cc1cc(NC(=O)C(C)(C)C)sc1C(=O)O[C@H](C)C(=O)N[C@H]1CCCC[C@H]1C. The topological polar surface area (TPSA) is 84.5 Å². The highest BCUT2D eigenvalue weighted by Gasteiger charge is 2.28. The van der Waals surface area contributed by atoms with Crippen LogP contribution < -0.4 is 10.6 Å². The van der Waals surface area contributed by atoms with Crippen LogP contribution in [0.25, 0.3) is 0 Å². The molecule has 0 aromatic carbocycles. The molecule has 0 radical (unpaired) electrons. The molecular weight excluding hydrogens is 376 g/mol. The molecule has 2 amide bonds. The van der Waals surface area contributed by atoms with Crippen molar-refractivity contribution in [3.63, 3.8) is 0 Å². The molecule has 1 aromatic heterocycles. The van der Waals surface area contributed by atoms with Crippen LogP contribution in [-0.4, -0.2) is 29.9 Å². The molecule has 0 bridgehead atoms. The van der Waals surface area contributed by atoms with E-state index in [-0.39, 0.29) is 17.9 Å². The summed E-state index contributed by atoms with van der Waals surface area (Å²) in [7, 11) is 0. The van der Waals surface area contributed by atoms with Crippen LogP contribution in [0, 0.1) is 18.3 Å². The maximum Gasteiger partial charge on any atom is 0.349 e. The Morgan fingerprint density at radius 1 is 1.21 bits per heavy atom. The van der Waals surface area contributed by atoms with Gasteiger partial charge in [-0.05, 0) is 44.2 Å². The molecule has 2 rings (SSSR count). The van der Waals surface area contributed by atoms with Crippen LogP contribution in [0.3, 0.4) is 0 Å². The van der Waals surface area contributed by atoms with Crippen molar-refractivity contribution in [1.82, 2.24) is 5.32 Å². The van der Waals surface area contributed by atoms with Crippen molar-refractivity contribution in [3.05, 3.63) is 16.5 Å². The van der Waals surface area contributed by atoms with E-state index in [0.717, 1.165) is 30.6 Å². The molecule has 0 spiro atoms. The molecule has 156 valence electrons. The van der Waals surface area contributed by atoms with Crippen LogP contribution in [-0.2, 0) is 14.3 Å². The zero-order valence-corrected chi connectivity index (χ0v) is 18.5. The lowest BCUT2D eigenvalue weighted by atomic mass is 9.86. The molecule has 6 nitrogen and oxygen atoms in total. The second-order valence-electron chi connectivity index (χ2n) is 8.75. The van der Waals surface area contributed by atoms with Gasteiger partial charge in [0.05, 0.1) is 5.00 Å². The lowest BCUT2D eigenvalue weighted by Gasteiger charge is -2.30. The standard InChI is InChI=1S/C21H32N2O4S/c1-12-9-7-8-10-15(12)22-18(24)14(3)27-19(25)17-13(2)11-16(28-17)23-20(26)21(4,5)6/h11-12,14-15H,7-10H2,1-6H3,(H,22,24)(H,23,26)/t12-,14-,15+/m1/s1. The van der Waals surface area contributed by atoms with Gasteiger partial charge in [-0.25, -0.2) is 4.79 Å². The number of esters is 1. The molecule has 2 N–H and O–H groups in total. The fourth-order valence-corrected chi connectivity index (χ4v) is 4.09. The number of anilines is 1. The van der Waals surface area contributed by atoms with E-state index in [9.17, 15) is 14.4 Å². The van der Waals surface area contributed by atoms with Crippen molar-refractivity contribution in [2.45, 2.75) is 79.4 Å². The minimum atomic E-state index is -0.865. The van der Waals surface area contributed by atoms with Crippen molar-refractivity contribution < 1.29 is 19.1 Å². The van der Waals surface area contributed by atoms with Crippen LogP contribution >= 0.6 is 11.3 Å². The van der Waals surface area contributed by atoms with E-state index in [2.05, 4.69) is 17.6 Å². The molecule has 0 unspecified atom stereocenters. The Kier molecular flexibility index (Phi) is 7.26. The molecule has 1 aliphatic rings. The summed E-state index contributed by atoms with van der Waals surface area (Å²) in [6.45, 7) is 11.0. The number of ether oxygens (including phenoxy) is 1. The highest BCUT2D eigenvalue weighted by atomic mass is 32.1. The minimum Gasteiger partial charge on any atom is -0.448 e. The van der Waals surface area contributed by atoms with Crippen LogP contribution in [0.15, 0.2) is 6.07 Å². The summed E-state index contributed by atoms with van der Waals surface area (Å²) >= 11 is 1.16. The highest BCUT2D eigenvalue weighted by Crippen LogP contribution is 2.29. The van der Waals surface area contributed by atoms with Crippen LogP contribution in [0.4, 0.5) is 5.00 Å². The number of nitrogens with one attached hydrogen (secondary N) is 2. The van der Waals surface area contributed by atoms with Gasteiger partial charge in [0.1, 0.15) is 4.88 Å². The lowest BCUT2D eigenvalue weighted by Crippen LogP contribution is -2.45. The van der Waals surface area contributed by atoms with Crippen molar-refractivity contribution in [3.8, 4) is 0 Å². The monoisotopic (exact) mass is 408 g/mol. The molecule has 1 aliphatic carbocycles. The van der Waals surface area contributed by atoms with E-state index >= 15 is 0 Å². The van der Waals surface area contributed by atoms with Gasteiger partial charge in [0.2, 0.25) is 5.91 Å². The Hall–Kier alpha value is -1.89. The smallest absolute Gasteiger partial charge is 0.349 e. The van der Waals surface area contributed by atoms with Crippen LogP contribution in [0.2, 0.25) is 0 Å². The molecule has 1 heterocycles. The lowest BCUT2D eigenvalue weighted by molar-refractivity contribution is -0.130. The van der Waals surface area contributed by atoms with Gasteiger partial charge >= 0.3 is 5.97 Å². The van der Waals surface area contributed by atoms with Crippen molar-refractivity contribution in [1.29, 1.82) is 0 Å². The zero-order valence-electron chi connectivity index (χ0n) is 17.7. The first-order chi connectivity index (χ1) is 13.0. The van der Waals surface area contributed by atoms with E-state index in [0.29, 0.717) is 21.4 Å². The quantitative estimate of drug-likeness (QED) is 0.712. The first kappa shape index (κ1) is 22.4. The maximum atomic E-state index is 12.5. The summed E-state index contributed by atoms with van der Waals surface area (Å²) < 4.78 is 5.39. The van der Waals surface area contributed by atoms with E-state index in [1.54, 1.807) is 19.9 Å². The third kappa shape index (κ3) is 5.80. The molecule has 7 heteroatoms. The molecule has 3 atom stereocenters. The number of hydrogen-bond donors (Lipinski definition) is 2. The van der Waals surface area contributed by atoms with E-state index in [1.165, 1.54) is 6.42 Å². The molecular formula is C21H32N2O4S. The average molecular weight is 409 g/mol. The first-order valence-corrected chi connectivity index (χ1v) is 10.7. The second kappa shape index (κ2) is 9.07. The van der Waals surface area contributed by atoms with Gasteiger partial charge in [-0.3, -0.25) is 9.59 Å². The number of carbonyl (C=O) groups is 3. The normalized spacial score (nSPS) is 20.9. The average Bonchev–Trinajstić information content (AvgIpc) is 2.96. The molecule has 1 fully saturated rings. The van der Waals surface area contributed by atoms with Gasteiger partial charge in [-0.1, -0.05) is 40.5 Å². The summed E-state index contributed by atoms with van der Waals surface area (Å²) in [5.41, 5.74) is 0.189. The Labute approximate surface area is 171 Å². The van der Waals surface area contributed by atoms with Crippen molar-refractivity contribution >= 4 is 34.1 Å². The van der Waals surface area contributed by atoms with Gasteiger partial charge in [-0.15, -0.1) is 11.3 Å². The minimum absolute atomic E-state index is 0.122.